The fourth-order valence-electron chi connectivity index (χ4n) is 1.24. The van der Waals surface area contributed by atoms with Gasteiger partial charge >= 0.3 is 0 Å². The van der Waals surface area contributed by atoms with Crippen LogP contribution >= 0.6 is 0 Å². The third-order valence-corrected chi connectivity index (χ3v) is 2.13. The molecule has 1 rings (SSSR count). The molecule has 1 atom stereocenters. The number of carbonyl (C=O) groups is 1. The molecule has 0 fully saturated rings. The van der Waals surface area contributed by atoms with E-state index in [1.807, 2.05) is 0 Å². The minimum atomic E-state index is -0.396. The first-order valence-electron chi connectivity index (χ1n) is 5.30. The van der Waals surface area contributed by atoms with Gasteiger partial charge in [0.25, 0.3) is 0 Å². The van der Waals surface area contributed by atoms with Gasteiger partial charge in [0.05, 0.1) is 6.61 Å². The highest BCUT2D eigenvalue weighted by atomic mass is 16.7. The molecule has 0 amide bonds. The van der Waals surface area contributed by atoms with Crippen molar-refractivity contribution in [3.8, 4) is 0 Å². The molecule has 4 heteroatoms. The van der Waals surface area contributed by atoms with Gasteiger partial charge in [-0.1, -0.05) is 13.3 Å². The molecule has 4 nitrogen and oxygen atoms in total. The average Bonchev–Trinajstić information content (AvgIpc) is 2.50. The van der Waals surface area contributed by atoms with Crippen LogP contribution in [0.3, 0.4) is 0 Å². The van der Waals surface area contributed by atoms with Gasteiger partial charge in [-0.2, -0.15) is 0 Å². The summed E-state index contributed by atoms with van der Waals surface area (Å²) in [6, 6.07) is 0. The van der Waals surface area contributed by atoms with E-state index in [1.54, 1.807) is 13.8 Å². The van der Waals surface area contributed by atoms with Gasteiger partial charge in [0.2, 0.25) is 11.5 Å². The Labute approximate surface area is 90.2 Å². The summed E-state index contributed by atoms with van der Waals surface area (Å²) in [4.78, 5) is 11.3. The molecule has 0 saturated carbocycles. The SMILES string of the molecule is CCCCOC(C)OC1=C(C)OCC1=O. The molecule has 0 bridgehead atoms. The lowest BCUT2D eigenvalue weighted by atomic mass is 10.3. The molecule has 0 aromatic heterocycles. The van der Waals surface area contributed by atoms with E-state index in [9.17, 15) is 4.79 Å². The minimum Gasteiger partial charge on any atom is -0.486 e. The van der Waals surface area contributed by atoms with Gasteiger partial charge in [-0.3, -0.25) is 4.79 Å². The number of unbranched alkanes of at least 4 members (excludes halogenated alkanes) is 1. The molecular formula is C11H18O4. The molecule has 0 aromatic carbocycles. The predicted molar refractivity (Wildman–Crippen MR) is 55.1 cm³/mol. The number of ketones is 1. The van der Waals surface area contributed by atoms with Crippen LogP contribution in [0.5, 0.6) is 0 Å². The number of carbonyl (C=O) groups excluding carboxylic acids is 1. The molecule has 1 unspecified atom stereocenters. The molecule has 1 aliphatic rings. The van der Waals surface area contributed by atoms with E-state index < -0.39 is 6.29 Å². The first kappa shape index (κ1) is 12.0. The highest BCUT2D eigenvalue weighted by molar-refractivity contribution is 5.96. The predicted octanol–water partition coefficient (Wildman–Crippen LogP) is 2.00. The molecule has 0 spiro atoms. The normalized spacial score (nSPS) is 17.9. The van der Waals surface area contributed by atoms with E-state index in [2.05, 4.69) is 6.92 Å². The molecule has 0 saturated heterocycles. The molecule has 0 aliphatic carbocycles. The van der Waals surface area contributed by atoms with Crippen LogP contribution < -0.4 is 0 Å². The van der Waals surface area contributed by atoms with Crippen molar-refractivity contribution < 1.29 is 19.0 Å². The van der Waals surface area contributed by atoms with Crippen LogP contribution in [0.25, 0.3) is 0 Å². The summed E-state index contributed by atoms with van der Waals surface area (Å²) in [6.07, 6.45) is 1.68. The zero-order chi connectivity index (χ0) is 11.3. The van der Waals surface area contributed by atoms with Crippen LogP contribution in [-0.4, -0.2) is 25.3 Å². The molecule has 86 valence electrons. The van der Waals surface area contributed by atoms with Crippen molar-refractivity contribution in [1.82, 2.24) is 0 Å². The second-order valence-corrected chi connectivity index (χ2v) is 3.51. The molecule has 15 heavy (non-hydrogen) atoms. The number of Topliss-reactive ketones (excluding diaryl/α,β-unsaturated/α-hetero) is 1. The van der Waals surface area contributed by atoms with Gasteiger partial charge in [-0.25, -0.2) is 0 Å². The van der Waals surface area contributed by atoms with Gasteiger partial charge in [0.15, 0.2) is 12.9 Å². The van der Waals surface area contributed by atoms with Gasteiger partial charge in [-0.05, 0) is 20.3 Å². The Morgan fingerprint density at radius 1 is 1.53 bits per heavy atom. The lowest BCUT2D eigenvalue weighted by Gasteiger charge is -2.14. The largest absolute Gasteiger partial charge is 0.486 e. The zero-order valence-corrected chi connectivity index (χ0v) is 9.54. The minimum absolute atomic E-state index is 0.0862. The lowest BCUT2D eigenvalue weighted by Crippen LogP contribution is -2.17. The number of ether oxygens (including phenoxy) is 3. The molecule has 0 N–H and O–H groups in total. The van der Waals surface area contributed by atoms with Gasteiger partial charge in [-0.15, -0.1) is 0 Å². The number of hydrogen-bond donors (Lipinski definition) is 0. The molecule has 0 radical (unpaired) electrons. The number of rotatable bonds is 6. The smallest absolute Gasteiger partial charge is 0.238 e. The van der Waals surface area contributed by atoms with Gasteiger partial charge in [0, 0.05) is 0 Å². The summed E-state index contributed by atoms with van der Waals surface area (Å²) >= 11 is 0. The first-order valence-corrected chi connectivity index (χ1v) is 5.30. The second-order valence-electron chi connectivity index (χ2n) is 3.51. The van der Waals surface area contributed by atoms with Crippen LogP contribution in [0.15, 0.2) is 11.5 Å². The molecule has 1 heterocycles. The molecular weight excluding hydrogens is 196 g/mol. The average molecular weight is 214 g/mol. The van der Waals surface area contributed by atoms with E-state index >= 15 is 0 Å². The summed E-state index contributed by atoms with van der Waals surface area (Å²) < 4.78 is 15.8. The second kappa shape index (κ2) is 5.75. The number of hydrogen-bond acceptors (Lipinski definition) is 4. The monoisotopic (exact) mass is 214 g/mol. The maximum absolute atomic E-state index is 11.3. The lowest BCUT2D eigenvalue weighted by molar-refractivity contribution is -0.131. The van der Waals surface area contributed by atoms with Crippen molar-refractivity contribution in [3.05, 3.63) is 11.5 Å². The van der Waals surface area contributed by atoms with E-state index in [-0.39, 0.29) is 12.4 Å². The Morgan fingerprint density at radius 2 is 2.27 bits per heavy atom. The molecule has 0 aromatic rings. The van der Waals surface area contributed by atoms with Crippen molar-refractivity contribution in [2.45, 2.75) is 39.9 Å². The fraction of sp³-hybridized carbons (Fsp3) is 0.727. The van der Waals surface area contributed by atoms with Crippen LogP contribution in [0.4, 0.5) is 0 Å². The van der Waals surface area contributed by atoms with E-state index in [0.29, 0.717) is 18.1 Å². The van der Waals surface area contributed by atoms with Crippen molar-refractivity contribution in [2.75, 3.05) is 13.2 Å². The summed E-state index contributed by atoms with van der Waals surface area (Å²) in [5.41, 5.74) is 0. The summed E-state index contributed by atoms with van der Waals surface area (Å²) in [6.45, 7) is 6.33. The third kappa shape index (κ3) is 3.55. The Morgan fingerprint density at radius 3 is 2.80 bits per heavy atom. The van der Waals surface area contributed by atoms with Crippen molar-refractivity contribution in [2.24, 2.45) is 0 Å². The van der Waals surface area contributed by atoms with Crippen molar-refractivity contribution in [3.63, 3.8) is 0 Å². The zero-order valence-electron chi connectivity index (χ0n) is 9.54. The Bertz CT molecular complexity index is 257. The summed E-state index contributed by atoms with van der Waals surface area (Å²) in [5, 5.41) is 0. The van der Waals surface area contributed by atoms with Crippen LogP contribution in [-0.2, 0) is 19.0 Å². The maximum Gasteiger partial charge on any atom is 0.238 e. The van der Waals surface area contributed by atoms with Crippen molar-refractivity contribution in [1.29, 1.82) is 0 Å². The van der Waals surface area contributed by atoms with E-state index in [1.165, 1.54) is 0 Å². The maximum atomic E-state index is 11.3. The quantitative estimate of drug-likeness (QED) is 0.501. The number of allylic oxidation sites excluding steroid dienone is 1. The Hall–Kier alpha value is -1.03. The topological polar surface area (TPSA) is 44.8 Å². The fourth-order valence-corrected chi connectivity index (χ4v) is 1.24. The van der Waals surface area contributed by atoms with Gasteiger partial charge in [0.1, 0.15) is 5.76 Å². The van der Waals surface area contributed by atoms with E-state index in [4.69, 9.17) is 14.2 Å². The van der Waals surface area contributed by atoms with Crippen molar-refractivity contribution >= 4 is 5.78 Å². The molecule has 1 aliphatic heterocycles. The van der Waals surface area contributed by atoms with Crippen LogP contribution in [0.1, 0.15) is 33.6 Å². The highest BCUT2D eigenvalue weighted by Crippen LogP contribution is 2.18. The standard InChI is InChI=1S/C11H18O4/c1-4-5-6-13-9(3)15-11-8(2)14-7-10(11)12/h9H,4-7H2,1-3H3. The summed E-state index contributed by atoms with van der Waals surface area (Å²) in [5.74, 6) is 0.739. The Kier molecular flexibility index (Phi) is 4.62. The van der Waals surface area contributed by atoms with Crippen LogP contribution in [0.2, 0.25) is 0 Å². The van der Waals surface area contributed by atoms with E-state index in [0.717, 1.165) is 12.8 Å². The Balaban J connectivity index is 2.34. The first-order chi connectivity index (χ1) is 7.15. The van der Waals surface area contributed by atoms with Crippen LogP contribution in [0, 0.1) is 0 Å². The third-order valence-electron chi connectivity index (χ3n) is 2.13. The highest BCUT2D eigenvalue weighted by Gasteiger charge is 2.25. The van der Waals surface area contributed by atoms with Gasteiger partial charge < -0.3 is 14.2 Å². The summed E-state index contributed by atoms with van der Waals surface area (Å²) in [7, 11) is 0.